The van der Waals surface area contributed by atoms with Crippen LogP contribution < -0.4 is 5.32 Å². The number of thiazole rings is 1. The van der Waals surface area contributed by atoms with Crippen molar-refractivity contribution in [3.8, 4) is 0 Å². The van der Waals surface area contributed by atoms with Crippen LogP contribution in [0.1, 0.15) is 34.8 Å². The van der Waals surface area contributed by atoms with Crippen LogP contribution in [-0.2, 0) is 4.74 Å². The molecule has 0 aromatic carbocycles. The summed E-state index contributed by atoms with van der Waals surface area (Å²) in [6.07, 6.45) is 1.35. The average molecular weight is 291 g/mol. The van der Waals surface area contributed by atoms with Crippen molar-refractivity contribution >= 4 is 28.3 Å². The van der Waals surface area contributed by atoms with Gasteiger partial charge in [0.25, 0.3) is 5.91 Å². The lowest BCUT2D eigenvalue weighted by Crippen LogP contribution is -2.17. The molecule has 2 aromatic rings. The maximum atomic E-state index is 12.0. The van der Waals surface area contributed by atoms with Crippen molar-refractivity contribution in [2.75, 3.05) is 5.32 Å². The fraction of sp³-hybridized carbons (Fsp3) is 0.231. The number of esters is 1. The number of pyridine rings is 1. The standard InChI is InChI=1S/C13H13N3O3S/c1-8(2)19-12(18)10-5-3-4-9(15-10)11(17)16-13-14-6-7-20-13/h3-8H,1-2H3,(H,14,16,17). The molecular weight excluding hydrogens is 278 g/mol. The Balaban J connectivity index is 2.13. The fourth-order valence-corrected chi connectivity index (χ4v) is 1.92. The van der Waals surface area contributed by atoms with Crippen molar-refractivity contribution in [2.24, 2.45) is 0 Å². The van der Waals surface area contributed by atoms with E-state index in [-0.39, 0.29) is 17.5 Å². The van der Waals surface area contributed by atoms with Crippen LogP contribution in [0.15, 0.2) is 29.8 Å². The highest BCUT2D eigenvalue weighted by molar-refractivity contribution is 7.13. The number of carbonyl (C=O) groups is 2. The van der Waals surface area contributed by atoms with Gasteiger partial charge in [-0.05, 0) is 26.0 Å². The maximum absolute atomic E-state index is 12.0. The molecule has 0 saturated carbocycles. The molecule has 6 nitrogen and oxygen atoms in total. The molecule has 0 saturated heterocycles. The Bertz CT molecular complexity index is 611. The van der Waals surface area contributed by atoms with E-state index in [4.69, 9.17) is 4.74 Å². The van der Waals surface area contributed by atoms with Gasteiger partial charge in [0.15, 0.2) is 5.13 Å². The van der Waals surface area contributed by atoms with E-state index in [1.807, 2.05) is 0 Å². The molecule has 0 aliphatic rings. The zero-order chi connectivity index (χ0) is 14.5. The first-order chi connectivity index (χ1) is 9.56. The number of hydrogen-bond acceptors (Lipinski definition) is 6. The molecule has 2 heterocycles. The number of ether oxygens (including phenoxy) is 1. The van der Waals surface area contributed by atoms with Gasteiger partial charge in [0.1, 0.15) is 11.4 Å². The monoisotopic (exact) mass is 291 g/mol. The van der Waals surface area contributed by atoms with Gasteiger partial charge in [0, 0.05) is 11.6 Å². The highest BCUT2D eigenvalue weighted by Gasteiger charge is 2.15. The van der Waals surface area contributed by atoms with Gasteiger partial charge >= 0.3 is 5.97 Å². The molecule has 0 spiro atoms. The highest BCUT2D eigenvalue weighted by atomic mass is 32.1. The third-order valence-corrected chi connectivity index (χ3v) is 2.87. The van der Waals surface area contributed by atoms with Gasteiger partial charge in [0.2, 0.25) is 0 Å². The Morgan fingerprint density at radius 1 is 1.30 bits per heavy atom. The van der Waals surface area contributed by atoms with E-state index in [0.29, 0.717) is 5.13 Å². The summed E-state index contributed by atoms with van der Waals surface area (Å²) in [6.45, 7) is 3.49. The van der Waals surface area contributed by atoms with E-state index in [1.165, 1.54) is 23.5 Å². The SMILES string of the molecule is CC(C)OC(=O)c1cccc(C(=O)Nc2nccs2)n1. The zero-order valence-corrected chi connectivity index (χ0v) is 11.8. The van der Waals surface area contributed by atoms with E-state index in [1.54, 1.807) is 31.5 Å². The first-order valence-corrected chi connectivity index (χ1v) is 6.83. The van der Waals surface area contributed by atoms with Crippen molar-refractivity contribution in [2.45, 2.75) is 20.0 Å². The molecular formula is C13H13N3O3S. The minimum absolute atomic E-state index is 0.102. The first-order valence-electron chi connectivity index (χ1n) is 5.95. The molecule has 20 heavy (non-hydrogen) atoms. The van der Waals surface area contributed by atoms with E-state index < -0.39 is 11.9 Å². The molecule has 7 heteroatoms. The first kappa shape index (κ1) is 14.1. The second-order valence-corrected chi connectivity index (χ2v) is 5.05. The van der Waals surface area contributed by atoms with Crippen LogP contribution in [0.4, 0.5) is 5.13 Å². The molecule has 2 aromatic heterocycles. The quantitative estimate of drug-likeness (QED) is 0.874. The number of nitrogens with zero attached hydrogens (tertiary/aromatic N) is 2. The maximum Gasteiger partial charge on any atom is 0.357 e. The molecule has 0 aliphatic carbocycles. The van der Waals surface area contributed by atoms with Crippen LogP contribution >= 0.6 is 11.3 Å². The molecule has 0 atom stereocenters. The predicted octanol–water partition coefficient (Wildman–Crippen LogP) is 2.36. The molecule has 0 fully saturated rings. The largest absolute Gasteiger partial charge is 0.458 e. The lowest BCUT2D eigenvalue weighted by molar-refractivity contribution is 0.0371. The van der Waals surface area contributed by atoms with Crippen LogP contribution in [0.2, 0.25) is 0 Å². The van der Waals surface area contributed by atoms with Gasteiger partial charge in [-0.1, -0.05) is 6.07 Å². The summed E-state index contributed by atoms with van der Waals surface area (Å²) in [7, 11) is 0. The normalized spacial score (nSPS) is 10.3. The summed E-state index contributed by atoms with van der Waals surface area (Å²) < 4.78 is 5.03. The minimum atomic E-state index is -0.552. The van der Waals surface area contributed by atoms with Gasteiger partial charge in [0.05, 0.1) is 6.10 Å². The summed E-state index contributed by atoms with van der Waals surface area (Å²) in [5.41, 5.74) is 0.240. The van der Waals surface area contributed by atoms with Crippen molar-refractivity contribution in [1.82, 2.24) is 9.97 Å². The Kier molecular flexibility index (Phi) is 4.41. The van der Waals surface area contributed by atoms with Gasteiger partial charge in [-0.2, -0.15) is 0 Å². The predicted molar refractivity (Wildman–Crippen MR) is 74.9 cm³/mol. The number of rotatable bonds is 4. The summed E-state index contributed by atoms with van der Waals surface area (Å²) >= 11 is 1.30. The number of carbonyl (C=O) groups excluding carboxylic acids is 2. The van der Waals surface area contributed by atoms with Crippen LogP contribution in [0.3, 0.4) is 0 Å². The van der Waals surface area contributed by atoms with E-state index in [2.05, 4.69) is 15.3 Å². The van der Waals surface area contributed by atoms with Crippen LogP contribution in [0.5, 0.6) is 0 Å². The van der Waals surface area contributed by atoms with Crippen molar-refractivity contribution in [3.63, 3.8) is 0 Å². The van der Waals surface area contributed by atoms with Crippen LogP contribution in [0, 0.1) is 0 Å². The van der Waals surface area contributed by atoms with Crippen LogP contribution in [0.25, 0.3) is 0 Å². The van der Waals surface area contributed by atoms with Crippen LogP contribution in [-0.4, -0.2) is 27.9 Å². The van der Waals surface area contributed by atoms with E-state index in [0.717, 1.165) is 0 Å². The van der Waals surface area contributed by atoms with E-state index >= 15 is 0 Å². The van der Waals surface area contributed by atoms with E-state index in [9.17, 15) is 9.59 Å². The van der Waals surface area contributed by atoms with Gasteiger partial charge < -0.3 is 4.74 Å². The molecule has 0 aliphatic heterocycles. The molecule has 0 radical (unpaired) electrons. The Labute approximate surface area is 119 Å². The van der Waals surface area contributed by atoms with Gasteiger partial charge in [-0.25, -0.2) is 14.8 Å². The summed E-state index contributed by atoms with van der Waals surface area (Å²) in [5, 5.41) is 4.83. The number of anilines is 1. The van der Waals surface area contributed by atoms with Gasteiger partial charge in [-0.3, -0.25) is 10.1 Å². The summed E-state index contributed by atoms with van der Waals surface area (Å²) in [5.74, 6) is -0.969. The molecule has 1 N–H and O–H groups in total. The average Bonchev–Trinajstić information content (AvgIpc) is 2.91. The Morgan fingerprint density at radius 3 is 2.70 bits per heavy atom. The number of hydrogen-bond donors (Lipinski definition) is 1. The number of aromatic nitrogens is 2. The third-order valence-electron chi connectivity index (χ3n) is 2.19. The fourth-order valence-electron chi connectivity index (χ4n) is 1.40. The van der Waals surface area contributed by atoms with Gasteiger partial charge in [-0.15, -0.1) is 11.3 Å². The van der Waals surface area contributed by atoms with Crippen molar-refractivity contribution in [3.05, 3.63) is 41.2 Å². The zero-order valence-electron chi connectivity index (χ0n) is 11.0. The second-order valence-electron chi connectivity index (χ2n) is 4.15. The molecule has 1 amide bonds. The summed E-state index contributed by atoms with van der Waals surface area (Å²) in [6, 6.07) is 4.61. The summed E-state index contributed by atoms with van der Waals surface area (Å²) in [4.78, 5) is 31.6. The van der Waals surface area contributed by atoms with Crippen molar-refractivity contribution < 1.29 is 14.3 Å². The Hall–Kier alpha value is -2.28. The number of nitrogens with one attached hydrogen (secondary N) is 1. The third kappa shape index (κ3) is 3.61. The van der Waals surface area contributed by atoms with Crippen molar-refractivity contribution in [1.29, 1.82) is 0 Å². The minimum Gasteiger partial charge on any atom is -0.458 e. The second kappa shape index (κ2) is 6.25. The number of amides is 1. The lowest BCUT2D eigenvalue weighted by atomic mass is 10.3. The molecule has 0 bridgehead atoms. The topological polar surface area (TPSA) is 81.2 Å². The Morgan fingerprint density at radius 2 is 2.05 bits per heavy atom. The molecule has 0 unspecified atom stereocenters. The lowest BCUT2D eigenvalue weighted by Gasteiger charge is -2.08. The smallest absolute Gasteiger partial charge is 0.357 e. The molecule has 104 valence electrons. The highest BCUT2D eigenvalue weighted by Crippen LogP contribution is 2.12. The molecule has 2 rings (SSSR count).